The highest BCUT2D eigenvalue weighted by Crippen LogP contribution is 2.31. The zero-order valence-corrected chi connectivity index (χ0v) is 11.9. The van der Waals surface area contributed by atoms with Crippen molar-refractivity contribution < 1.29 is 24.3 Å². The van der Waals surface area contributed by atoms with Gasteiger partial charge in [-0.1, -0.05) is 0 Å². The lowest BCUT2D eigenvalue weighted by Crippen LogP contribution is -2.44. The monoisotopic (exact) mass is 298 g/mol. The van der Waals surface area contributed by atoms with Crippen LogP contribution in [-0.2, 0) is 4.79 Å². The topological polar surface area (TPSA) is 125 Å². The molecule has 3 N–H and O–H groups in total. The zero-order chi connectivity index (χ0) is 16.0. The van der Waals surface area contributed by atoms with Crippen molar-refractivity contribution in [1.82, 2.24) is 0 Å². The van der Waals surface area contributed by atoms with Crippen LogP contribution >= 0.6 is 0 Å². The first-order valence-corrected chi connectivity index (χ1v) is 6.25. The molecule has 1 aromatic rings. The summed E-state index contributed by atoms with van der Waals surface area (Å²) in [6.07, 6.45) is 0.616. The van der Waals surface area contributed by atoms with E-state index in [-0.39, 0.29) is 24.5 Å². The van der Waals surface area contributed by atoms with Crippen LogP contribution in [0, 0.1) is 10.1 Å². The van der Waals surface area contributed by atoms with Crippen LogP contribution in [-0.4, -0.2) is 35.3 Å². The third-order valence-corrected chi connectivity index (χ3v) is 2.94. The Kier molecular flexibility index (Phi) is 5.48. The Labute approximate surface area is 121 Å². The van der Waals surface area contributed by atoms with E-state index in [1.54, 1.807) is 0 Å². The van der Waals surface area contributed by atoms with Crippen molar-refractivity contribution in [3.63, 3.8) is 0 Å². The maximum Gasteiger partial charge on any atom is 0.323 e. The summed E-state index contributed by atoms with van der Waals surface area (Å²) in [5, 5.41) is 19.6. The van der Waals surface area contributed by atoms with Crippen molar-refractivity contribution in [2.45, 2.75) is 25.3 Å². The van der Waals surface area contributed by atoms with E-state index in [1.165, 1.54) is 32.2 Å². The summed E-state index contributed by atoms with van der Waals surface area (Å²) in [5.41, 5.74) is 4.16. The molecule has 0 aliphatic carbocycles. The van der Waals surface area contributed by atoms with Crippen LogP contribution in [0.5, 0.6) is 11.5 Å². The first kappa shape index (κ1) is 16.7. The number of carboxylic acid groups (broad SMARTS) is 1. The predicted octanol–water partition coefficient (Wildman–Crippen LogP) is 1.56. The number of methoxy groups -OCH3 is 1. The van der Waals surface area contributed by atoms with Gasteiger partial charge in [0, 0.05) is 6.07 Å². The fourth-order valence-electron chi connectivity index (χ4n) is 1.62. The summed E-state index contributed by atoms with van der Waals surface area (Å²) >= 11 is 0. The van der Waals surface area contributed by atoms with Crippen molar-refractivity contribution >= 4 is 11.7 Å². The number of nitrogens with zero attached hydrogens (tertiary/aromatic N) is 1. The fourth-order valence-corrected chi connectivity index (χ4v) is 1.62. The normalized spacial score (nSPS) is 13.3. The summed E-state index contributed by atoms with van der Waals surface area (Å²) in [5.74, 6) is -0.481. The third kappa shape index (κ3) is 4.60. The van der Waals surface area contributed by atoms with Crippen molar-refractivity contribution in [3.8, 4) is 11.5 Å². The minimum atomic E-state index is -1.32. The molecular weight excluding hydrogens is 280 g/mol. The molecule has 0 radical (unpaired) electrons. The molecule has 0 aliphatic heterocycles. The Morgan fingerprint density at radius 2 is 2.14 bits per heavy atom. The fraction of sp³-hybridized carbons (Fsp3) is 0.462. The summed E-state index contributed by atoms with van der Waals surface area (Å²) in [6, 6.07) is 4.02. The molecule has 0 bridgehead atoms. The molecular formula is C13H18N2O6. The Morgan fingerprint density at radius 1 is 1.48 bits per heavy atom. The van der Waals surface area contributed by atoms with Gasteiger partial charge >= 0.3 is 5.97 Å². The second kappa shape index (κ2) is 6.89. The van der Waals surface area contributed by atoms with Crippen LogP contribution in [0.15, 0.2) is 18.2 Å². The van der Waals surface area contributed by atoms with E-state index in [4.69, 9.17) is 20.3 Å². The van der Waals surface area contributed by atoms with Gasteiger partial charge in [0.05, 0.1) is 24.7 Å². The number of nitro groups is 1. The van der Waals surface area contributed by atoms with E-state index < -0.39 is 16.4 Å². The minimum absolute atomic E-state index is 0.111. The maximum absolute atomic E-state index is 10.8. The average Bonchev–Trinajstić information content (AvgIpc) is 2.43. The summed E-state index contributed by atoms with van der Waals surface area (Å²) in [4.78, 5) is 21.0. The maximum atomic E-state index is 10.8. The van der Waals surface area contributed by atoms with E-state index in [0.29, 0.717) is 12.2 Å². The number of carbonyl (C=O) groups is 1. The van der Waals surface area contributed by atoms with Crippen LogP contribution in [0.2, 0.25) is 0 Å². The molecule has 1 unspecified atom stereocenters. The second-order valence-corrected chi connectivity index (χ2v) is 4.77. The molecule has 116 valence electrons. The zero-order valence-electron chi connectivity index (χ0n) is 11.9. The Hall–Kier alpha value is -2.35. The van der Waals surface area contributed by atoms with Crippen LogP contribution in [0.1, 0.15) is 19.8 Å². The number of ether oxygens (including phenoxy) is 2. The lowest BCUT2D eigenvalue weighted by molar-refractivity contribution is -0.385. The number of nitrogens with two attached hydrogens (primary N) is 1. The molecule has 0 spiro atoms. The van der Waals surface area contributed by atoms with E-state index in [2.05, 4.69) is 0 Å². The smallest absolute Gasteiger partial charge is 0.323 e. The first-order valence-electron chi connectivity index (χ1n) is 6.25. The molecule has 0 saturated heterocycles. The lowest BCUT2D eigenvalue weighted by atomic mass is 9.98. The number of rotatable bonds is 8. The number of hydrogen-bond acceptors (Lipinski definition) is 6. The molecule has 8 nitrogen and oxygen atoms in total. The van der Waals surface area contributed by atoms with Crippen molar-refractivity contribution in [2.75, 3.05) is 13.7 Å². The SMILES string of the molecule is COc1ccc([N+](=O)[O-])cc1OCCCC(C)(N)C(=O)O. The Morgan fingerprint density at radius 3 is 2.67 bits per heavy atom. The molecule has 8 heteroatoms. The molecule has 0 saturated carbocycles. The lowest BCUT2D eigenvalue weighted by Gasteiger charge is -2.19. The number of non-ortho nitro benzene ring substituents is 1. The number of nitro benzene ring substituents is 1. The molecule has 0 aromatic heterocycles. The van der Waals surface area contributed by atoms with Crippen molar-refractivity contribution in [1.29, 1.82) is 0 Å². The van der Waals surface area contributed by atoms with Gasteiger partial charge in [-0.3, -0.25) is 14.9 Å². The van der Waals surface area contributed by atoms with E-state index >= 15 is 0 Å². The Balaban J connectivity index is 2.64. The number of carboxylic acids is 1. The van der Waals surface area contributed by atoms with Gasteiger partial charge in [-0.2, -0.15) is 0 Å². The molecule has 1 aromatic carbocycles. The van der Waals surface area contributed by atoms with Gasteiger partial charge in [-0.05, 0) is 25.8 Å². The highest BCUT2D eigenvalue weighted by molar-refractivity contribution is 5.77. The van der Waals surface area contributed by atoms with Gasteiger partial charge < -0.3 is 20.3 Å². The van der Waals surface area contributed by atoms with Gasteiger partial charge in [0.15, 0.2) is 11.5 Å². The quantitative estimate of drug-likeness (QED) is 0.424. The first-order chi connectivity index (χ1) is 9.77. The third-order valence-electron chi connectivity index (χ3n) is 2.94. The van der Waals surface area contributed by atoms with E-state index in [1.807, 2.05) is 0 Å². The highest BCUT2D eigenvalue weighted by atomic mass is 16.6. The number of benzene rings is 1. The largest absolute Gasteiger partial charge is 0.493 e. The molecule has 1 rings (SSSR count). The van der Waals surface area contributed by atoms with Crippen LogP contribution in [0.25, 0.3) is 0 Å². The molecule has 1 atom stereocenters. The molecule has 0 fully saturated rings. The highest BCUT2D eigenvalue weighted by Gasteiger charge is 2.27. The van der Waals surface area contributed by atoms with Gasteiger partial charge in [-0.25, -0.2) is 0 Å². The van der Waals surface area contributed by atoms with Crippen LogP contribution < -0.4 is 15.2 Å². The van der Waals surface area contributed by atoms with Gasteiger partial charge in [0.2, 0.25) is 0 Å². The summed E-state index contributed by atoms with van der Waals surface area (Å²) < 4.78 is 10.5. The summed E-state index contributed by atoms with van der Waals surface area (Å²) in [6.45, 7) is 1.60. The predicted molar refractivity (Wildman–Crippen MR) is 74.6 cm³/mol. The van der Waals surface area contributed by atoms with Gasteiger partial charge in [0.25, 0.3) is 5.69 Å². The van der Waals surface area contributed by atoms with Crippen LogP contribution in [0.3, 0.4) is 0 Å². The molecule has 0 heterocycles. The molecule has 0 amide bonds. The second-order valence-electron chi connectivity index (χ2n) is 4.77. The average molecular weight is 298 g/mol. The molecule has 21 heavy (non-hydrogen) atoms. The minimum Gasteiger partial charge on any atom is -0.493 e. The van der Waals surface area contributed by atoms with Crippen LogP contribution in [0.4, 0.5) is 5.69 Å². The van der Waals surface area contributed by atoms with Crippen molar-refractivity contribution in [3.05, 3.63) is 28.3 Å². The Bertz CT molecular complexity index is 529. The van der Waals surface area contributed by atoms with E-state index in [0.717, 1.165) is 0 Å². The standard InChI is InChI=1S/C13H18N2O6/c1-13(14,12(16)17)6-3-7-21-11-8-9(15(18)19)4-5-10(11)20-2/h4-5,8H,3,6-7,14H2,1-2H3,(H,16,17). The molecule has 0 aliphatic rings. The van der Waals surface area contributed by atoms with Gasteiger partial charge in [0.1, 0.15) is 5.54 Å². The summed E-state index contributed by atoms with van der Waals surface area (Å²) in [7, 11) is 1.43. The van der Waals surface area contributed by atoms with Crippen molar-refractivity contribution in [2.24, 2.45) is 5.73 Å². The number of hydrogen-bond donors (Lipinski definition) is 2. The van der Waals surface area contributed by atoms with Gasteiger partial charge in [-0.15, -0.1) is 0 Å². The van der Waals surface area contributed by atoms with E-state index in [9.17, 15) is 14.9 Å². The number of aliphatic carboxylic acids is 1.